The Morgan fingerprint density at radius 1 is 1.10 bits per heavy atom. The van der Waals surface area contributed by atoms with Crippen LogP contribution in [0.3, 0.4) is 0 Å². The van der Waals surface area contributed by atoms with Crippen molar-refractivity contribution in [1.29, 1.82) is 0 Å². The summed E-state index contributed by atoms with van der Waals surface area (Å²) >= 11 is 6.01. The van der Waals surface area contributed by atoms with Crippen LogP contribution in [0.5, 0.6) is 0 Å². The number of piperazine rings is 1. The molecule has 29 heavy (non-hydrogen) atoms. The molecule has 2 atom stereocenters. The van der Waals surface area contributed by atoms with Crippen LogP contribution in [0, 0.1) is 0 Å². The summed E-state index contributed by atoms with van der Waals surface area (Å²) < 4.78 is 1.89. The number of hydrogen-bond donors (Lipinski definition) is 1. The van der Waals surface area contributed by atoms with E-state index in [4.69, 9.17) is 11.6 Å². The van der Waals surface area contributed by atoms with Gasteiger partial charge in [-0.05, 0) is 36.8 Å². The summed E-state index contributed by atoms with van der Waals surface area (Å²) in [4.78, 5) is 19.6. The van der Waals surface area contributed by atoms with Crippen molar-refractivity contribution in [2.24, 2.45) is 7.05 Å². The number of aliphatic hydroxyl groups excluding tert-OH is 1. The topological polar surface area (TPSA) is 52.0 Å². The molecule has 1 amide bonds. The van der Waals surface area contributed by atoms with Gasteiger partial charge in [-0.3, -0.25) is 9.69 Å². The maximum Gasteiger partial charge on any atom is 0.255 e. The quantitative estimate of drug-likeness (QED) is 0.832. The van der Waals surface area contributed by atoms with Crippen LogP contribution in [0.1, 0.15) is 35.5 Å². The minimum absolute atomic E-state index is 0.0313. The first-order valence-corrected chi connectivity index (χ1v) is 10.7. The highest BCUT2D eigenvalue weighted by Crippen LogP contribution is 2.31. The summed E-state index contributed by atoms with van der Waals surface area (Å²) in [5.41, 5.74) is 2.54. The zero-order valence-electron chi connectivity index (χ0n) is 17.1. The lowest BCUT2D eigenvalue weighted by atomic mass is 10.0. The molecule has 2 aliphatic heterocycles. The van der Waals surface area contributed by atoms with Gasteiger partial charge in [0.25, 0.3) is 5.91 Å². The highest BCUT2D eigenvalue weighted by Gasteiger charge is 2.39. The summed E-state index contributed by atoms with van der Waals surface area (Å²) in [5, 5.41) is 12.0. The van der Waals surface area contributed by atoms with Crippen molar-refractivity contribution in [3.63, 3.8) is 0 Å². The van der Waals surface area contributed by atoms with E-state index in [1.54, 1.807) is 0 Å². The van der Waals surface area contributed by atoms with E-state index >= 15 is 0 Å². The number of carbonyl (C=O) groups is 1. The van der Waals surface area contributed by atoms with Gasteiger partial charge in [0.05, 0.1) is 17.3 Å². The first kappa shape index (κ1) is 20.3. The second-order valence-corrected chi connectivity index (χ2v) is 8.42. The Hall–Kier alpha value is -2.02. The first-order valence-electron chi connectivity index (χ1n) is 10.4. The first-order chi connectivity index (χ1) is 14.0. The van der Waals surface area contributed by atoms with Crippen molar-refractivity contribution >= 4 is 23.2 Å². The SMILES string of the molecule is CCCN1CC(N2CCN(c3ccc(Cl)cc3)CC2)C(O)c2c(ccn2C)C1=O. The van der Waals surface area contributed by atoms with Gasteiger partial charge in [0, 0.05) is 63.2 Å². The molecule has 1 saturated heterocycles. The molecule has 6 nitrogen and oxygen atoms in total. The van der Waals surface area contributed by atoms with Crippen molar-refractivity contribution in [3.05, 3.63) is 52.8 Å². The van der Waals surface area contributed by atoms with Crippen molar-refractivity contribution < 1.29 is 9.90 Å². The van der Waals surface area contributed by atoms with Gasteiger partial charge >= 0.3 is 0 Å². The number of fused-ring (bicyclic) bond motifs is 1. The van der Waals surface area contributed by atoms with Gasteiger partial charge in [-0.2, -0.15) is 0 Å². The number of aliphatic hydroxyl groups is 1. The fourth-order valence-electron chi connectivity index (χ4n) is 4.59. The van der Waals surface area contributed by atoms with Gasteiger partial charge in [-0.15, -0.1) is 0 Å². The average molecular weight is 417 g/mol. The molecule has 2 aliphatic rings. The molecule has 1 fully saturated rings. The zero-order chi connectivity index (χ0) is 20.5. The normalized spacial score (nSPS) is 23.2. The molecule has 0 saturated carbocycles. The number of rotatable bonds is 4. The number of amides is 1. The van der Waals surface area contributed by atoms with E-state index in [1.165, 1.54) is 5.69 Å². The molecule has 7 heteroatoms. The number of halogens is 1. The molecule has 1 N–H and O–H groups in total. The molecule has 2 aromatic rings. The van der Waals surface area contributed by atoms with E-state index < -0.39 is 6.10 Å². The van der Waals surface area contributed by atoms with Crippen LogP contribution in [0.2, 0.25) is 5.02 Å². The van der Waals surface area contributed by atoms with Crippen LogP contribution < -0.4 is 4.90 Å². The Bertz CT molecular complexity index is 858. The number of nitrogens with zero attached hydrogens (tertiary/aromatic N) is 4. The van der Waals surface area contributed by atoms with Crippen molar-refractivity contribution in [2.75, 3.05) is 44.2 Å². The number of aromatic nitrogens is 1. The lowest BCUT2D eigenvalue weighted by Crippen LogP contribution is -2.55. The minimum Gasteiger partial charge on any atom is -0.385 e. The molecule has 3 heterocycles. The van der Waals surface area contributed by atoms with E-state index in [0.29, 0.717) is 18.7 Å². The average Bonchev–Trinajstić information content (AvgIpc) is 3.08. The number of carbonyl (C=O) groups excluding carboxylic acids is 1. The van der Waals surface area contributed by atoms with E-state index in [-0.39, 0.29) is 11.9 Å². The molecule has 0 bridgehead atoms. The molecule has 0 radical (unpaired) electrons. The molecule has 1 aromatic carbocycles. The van der Waals surface area contributed by atoms with Crippen molar-refractivity contribution in [2.45, 2.75) is 25.5 Å². The zero-order valence-corrected chi connectivity index (χ0v) is 17.8. The van der Waals surface area contributed by atoms with Crippen LogP contribution in [-0.4, -0.2) is 70.7 Å². The summed E-state index contributed by atoms with van der Waals surface area (Å²) in [6.07, 6.45) is 2.09. The van der Waals surface area contributed by atoms with E-state index in [9.17, 15) is 9.90 Å². The molecule has 4 rings (SSSR count). The minimum atomic E-state index is -0.683. The van der Waals surface area contributed by atoms with E-state index in [1.807, 2.05) is 40.9 Å². The van der Waals surface area contributed by atoms with Crippen LogP contribution in [0.15, 0.2) is 36.5 Å². The lowest BCUT2D eigenvalue weighted by molar-refractivity contribution is 0.0248. The monoisotopic (exact) mass is 416 g/mol. The summed E-state index contributed by atoms with van der Waals surface area (Å²) in [6.45, 7) is 6.81. The third-order valence-electron chi connectivity index (χ3n) is 6.16. The van der Waals surface area contributed by atoms with Crippen LogP contribution in [0.4, 0.5) is 5.69 Å². The smallest absolute Gasteiger partial charge is 0.255 e. The van der Waals surface area contributed by atoms with Crippen LogP contribution >= 0.6 is 11.6 Å². The molecular formula is C22H29ClN4O2. The fourth-order valence-corrected chi connectivity index (χ4v) is 4.72. The highest BCUT2D eigenvalue weighted by molar-refractivity contribution is 6.30. The van der Waals surface area contributed by atoms with E-state index in [0.717, 1.165) is 43.3 Å². The number of benzene rings is 1. The Labute approximate surface area is 177 Å². The fraction of sp³-hybridized carbons (Fsp3) is 0.500. The van der Waals surface area contributed by atoms with Gasteiger partial charge in [0.15, 0.2) is 0 Å². The third kappa shape index (κ3) is 3.89. The number of hydrogen-bond acceptors (Lipinski definition) is 4. The van der Waals surface area contributed by atoms with Crippen LogP contribution in [0.25, 0.3) is 0 Å². The molecule has 1 aromatic heterocycles. The number of aryl methyl sites for hydroxylation is 1. The second-order valence-electron chi connectivity index (χ2n) is 7.99. The van der Waals surface area contributed by atoms with E-state index in [2.05, 4.69) is 28.9 Å². The highest BCUT2D eigenvalue weighted by atomic mass is 35.5. The summed E-state index contributed by atoms with van der Waals surface area (Å²) in [5.74, 6) is 0.0313. The van der Waals surface area contributed by atoms with Crippen LogP contribution in [-0.2, 0) is 7.05 Å². The summed E-state index contributed by atoms with van der Waals surface area (Å²) in [7, 11) is 1.90. The van der Waals surface area contributed by atoms with Crippen molar-refractivity contribution in [1.82, 2.24) is 14.4 Å². The predicted octanol–water partition coefficient (Wildman–Crippen LogP) is 2.77. The lowest BCUT2D eigenvalue weighted by Gasteiger charge is -2.42. The third-order valence-corrected chi connectivity index (χ3v) is 6.41. The molecule has 0 spiro atoms. The summed E-state index contributed by atoms with van der Waals surface area (Å²) in [6, 6.07) is 9.68. The standard InChI is InChI=1S/C22H29ClN4O2/c1-3-9-27-15-19(21(28)20-18(22(27)29)8-10-24(20)2)26-13-11-25(12-14-26)17-6-4-16(23)5-7-17/h4-8,10,19,21,28H,3,9,11-15H2,1-2H3. The van der Waals surface area contributed by atoms with Gasteiger partial charge in [-0.25, -0.2) is 0 Å². The second kappa shape index (κ2) is 8.38. The van der Waals surface area contributed by atoms with Gasteiger partial charge < -0.3 is 19.5 Å². The maximum atomic E-state index is 13.0. The molecular weight excluding hydrogens is 388 g/mol. The molecule has 2 unspecified atom stereocenters. The molecule has 0 aliphatic carbocycles. The largest absolute Gasteiger partial charge is 0.385 e. The Morgan fingerprint density at radius 3 is 2.45 bits per heavy atom. The Balaban J connectivity index is 1.53. The van der Waals surface area contributed by atoms with Gasteiger partial charge in [0.2, 0.25) is 0 Å². The maximum absolute atomic E-state index is 13.0. The number of anilines is 1. The Morgan fingerprint density at radius 2 is 1.79 bits per heavy atom. The van der Waals surface area contributed by atoms with Crippen molar-refractivity contribution in [3.8, 4) is 0 Å². The Kier molecular flexibility index (Phi) is 5.86. The van der Waals surface area contributed by atoms with Gasteiger partial charge in [-0.1, -0.05) is 18.5 Å². The van der Waals surface area contributed by atoms with Gasteiger partial charge in [0.1, 0.15) is 6.10 Å². The molecule has 156 valence electrons. The predicted molar refractivity (Wildman–Crippen MR) is 116 cm³/mol.